The van der Waals surface area contributed by atoms with Gasteiger partial charge < -0.3 is 14.2 Å². The lowest BCUT2D eigenvalue weighted by Crippen LogP contribution is -2.74. The molecule has 0 rings (SSSR count). The summed E-state index contributed by atoms with van der Waals surface area (Å²) in [5.41, 5.74) is -1.79. The minimum atomic E-state index is -8.92. The van der Waals surface area contributed by atoms with Crippen LogP contribution in [0.4, 0.5) is 101 Å². The number of hydrogen-bond donors (Lipinski definition) is 0. The number of hydrogen-bond acceptors (Lipinski definition) is 6. The van der Waals surface area contributed by atoms with Gasteiger partial charge in [-0.05, 0) is 0 Å². The average Bonchev–Trinajstić information content (AvgIpc) is 2.92. The lowest BCUT2D eigenvalue weighted by Gasteiger charge is -2.42. The third kappa shape index (κ3) is 9.51. The molecule has 0 radical (unpaired) electrons. The number of carbonyl (C=O) groups excluding carboxylic acids is 3. The highest BCUT2D eigenvalue weighted by atomic mass is 19.4. The topological polar surface area (TPSA) is 78.9 Å². The predicted molar refractivity (Wildman–Crippen MR) is 112 cm³/mol. The van der Waals surface area contributed by atoms with Crippen LogP contribution in [0.15, 0.2) is 12.2 Å². The molecule has 0 saturated heterocycles. The van der Waals surface area contributed by atoms with Crippen molar-refractivity contribution in [2.24, 2.45) is 11.8 Å². The summed E-state index contributed by atoms with van der Waals surface area (Å²) in [6, 6.07) is 0. The van der Waals surface area contributed by atoms with Crippen LogP contribution in [-0.2, 0) is 28.6 Å². The summed E-state index contributed by atoms with van der Waals surface area (Å²) in [6.07, 6.45) is -22.0. The quantitative estimate of drug-likeness (QED) is 0.0682. The largest absolute Gasteiger partial charge is 0.462 e. The number of esters is 3. The minimum absolute atomic E-state index is 0.331. The van der Waals surface area contributed by atoms with Crippen LogP contribution >= 0.6 is 0 Å². The highest BCUT2D eigenvalue weighted by molar-refractivity contribution is 5.97. The van der Waals surface area contributed by atoms with Crippen LogP contribution in [-0.4, -0.2) is 97.7 Å². The van der Waals surface area contributed by atoms with Crippen molar-refractivity contribution in [3.8, 4) is 0 Å². The third-order valence-corrected chi connectivity index (χ3v) is 5.96. The van der Waals surface area contributed by atoms with Crippen LogP contribution in [0.25, 0.3) is 0 Å². The second kappa shape index (κ2) is 14.5. The first kappa shape index (κ1) is 47.5. The van der Waals surface area contributed by atoms with Crippen molar-refractivity contribution < 1.29 is 130 Å². The van der Waals surface area contributed by atoms with Crippen molar-refractivity contribution in [3.05, 3.63) is 12.2 Å². The van der Waals surface area contributed by atoms with Gasteiger partial charge in [-0.1, -0.05) is 13.5 Å². The molecule has 0 aliphatic rings. The van der Waals surface area contributed by atoms with Crippen molar-refractivity contribution in [2.45, 2.75) is 73.3 Å². The van der Waals surface area contributed by atoms with Crippen LogP contribution in [0, 0.1) is 11.8 Å². The van der Waals surface area contributed by atoms with Crippen molar-refractivity contribution in [1.29, 1.82) is 0 Å². The second-order valence-corrected chi connectivity index (χ2v) is 9.77. The first-order valence-electron chi connectivity index (χ1n) is 12.1. The van der Waals surface area contributed by atoms with Gasteiger partial charge in [-0.25, -0.2) is 4.79 Å². The maximum absolute atomic E-state index is 14.0. The van der Waals surface area contributed by atoms with Crippen molar-refractivity contribution in [3.63, 3.8) is 0 Å². The van der Waals surface area contributed by atoms with Crippen LogP contribution in [0.5, 0.6) is 0 Å². The Hall–Kier alpha value is -3.46. The van der Waals surface area contributed by atoms with Gasteiger partial charge in [0.05, 0.1) is 18.9 Å². The van der Waals surface area contributed by atoms with E-state index in [1.54, 1.807) is 0 Å². The van der Waals surface area contributed by atoms with Crippen LogP contribution in [0.2, 0.25) is 0 Å². The smallest absolute Gasteiger partial charge is 0.460 e. The molecule has 0 fully saturated rings. The summed E-state index contributed by atoms with van der Waals surface area (Å²) >= 11 is 0. The van der Waals surface area contributed by atoms with E-state index in [2.05, 4.69) is 20.8 Å². The highest BCUT2D eigenvalue weighted by Gasteiger charge is 2.95. The Balaban J connectivity index is 6.34. The molecular weight excluding hydrogens is 797 g/mol. The molecule has 29 heteroatoms. The van der Waals surface area contributed by atoms with Gasteiger partial charge in [-0.3, -0.25) is 9.59 Å². The molecule has 6 nitrogen and oxygen atoms in total. The number of ether oxygens (including phenoxy) is 3. The molecule has 0 bridgehead atoms. The molecule has 2 atom stereocenters. The van der Waals surface area contributed by atoms with Gasteiger partial charge in [-0.2, -0.15) is 101 Å². The first-order valence-corrected chi connectivity index (χ1v) is 12.1. The standard InChI is InChI=1S/C22H15F23O6/c1-7(9(12(48)51-6-15(28,29)30)8(2)11(47)50-5-14(25,26)27)10(46)49-4-3-13(23,24)16(31,32)17(33,34)18(35,36)19(37,38)20(39,40)21(41,42)22(43,44)45/h8-9H,1,3-6H2,2H3. The monoisotopic (exact) mass is 812 g/mol. The maximum Gasteiger partial charge on any atom is 0.460 e. The molecule has 0 aromatic heterocycles. The van der Waals surface area contributed by atoms with Gasteiger partial charge in [0.25, 0.3) is 0 Å². The molecule has 0 aliphatic carbocycles. The molecule has 0 N–H and O–H groups in total. The van der Waals surface area contributed by atoms with Gasteiger partial charge in [0.1, 0.15) is 5.92 Å². The number of halogens is 23. The molecule has 0 aromatic carbocycles. The van der Waals surface area contributed by atoms with Crippen LogP contribution < -0.4 is 0 Å². The molecular formula is C22H15F23O6. The second-order valence-electron chi connectivity index (χ2n) is 9.77. The fraction of sp³-hybridized carbons (Fsp3) is 0.773. The molecule has 0 saturated carbocycles. The molecule has 300 valence electrons. The first-order chi connectivity index (χ1) is 22.1. The van der Waals surface area contributed by atoms with Crippen molar-refractivity contribution in [2.75, 3.05) is 19.8 Å². The van der Waals surface area contributed by atoms with Gasteiger partial charge in [-0.15, -0.1) is 0 Å². The maximum atomic E-state index is 14.0. The Bertz CT molecular complexity index is 1280. The number of carbonyl (C=O) groups is 3. The summed E-state index contributed by atoms with van der Waals surface area (Å²) in [4.78, 5) is 36.1. The molecule has 0 amide bonds. The Labute approximate surface area is 265 Å². The molecule has 0 spiro atoms. The summed E-state index contributed by atoms with van der Waals surface area (Å²) in [7, 11) is 0. The predicted octanol–water partition coefficient (Wildman–Crippen LogP) is 7.95. The van der Waals surface area contributed by atoms with E-state index < -0.39 is 122 Å². The zero-order chi connectivity index (χ0) is 41.4. The number of rotatable bonds is 16. The third-order valence-electron chi connectivity index (χ3n) is 5.96. The summed E-state index contributed by atoms with van der Waals surface area (Å²) in [6.45, 7) is -4.66. The van der Waals surface area contributed by atoms with Gasteiger partial charge in [0.15, 0.2) is 13.2 Å². The lowest BCUT2D eigenvalue weighted by atomic mass is 9.87. The number of alkyl halides is 23. The van der Waals surface area contributed by atoms with Crippen LogP contribution in [0.1, 0.15) is 13.3 Å². The minimum Gasteiger partial charge on any atom is -0.462 e. The summed E-state index contributed by atoms with van der Waals surface area (Å²) in [5, 5.41) is 0. The van der Waals surface area contributed by atoms with Gasteiger partial charge >= 0.3 is 77.9 Å². The Kier molecular flexibility index (Phi) is 13.5. The fourth-order valence-corrected chi connectivity index (χ4v) is 3.16. The normalized spacial score (nSPS) is 15.9. The lowest BCUT2D eigenvalue weighted by molar-refractivity contribution is -0.461. The van der Waals surface area contributed by atoms with Crippen molar-refractivity contribution in [1.82, 2.24) is 0 Å². The zero-order valence-electron chi connectivity index (χ0n) is 23.8. The van der Waals surface area contributed by atoms with E-state index in [1.165, 1.54) is 0 Å². The van der Waals surface area contributed by atoms with E-state index in [1.807, 2.05) is 0 Å². The fourth-order valence-electron chi connectivity index (χ4n) is 3.16. The summed E-state index contributed by atoms with van der Waals surface area (Å²) < 4.78 is 312. The molecule has 0 aliphatic heterocycles. The summed E-state index contributed by atoms with van der Waals surface area (Å²) in [5.74, 6) is -71.5. The van der Waals surface area contributed by atoms with E-state index in [4.69, 9.17) is 0 Å². The van der Waals surface area contributed by atoms with E-state index >= 15 is 0 Å². The van der Waals surface area contributed by atoms with E-state index in [0.29, 0.717) is 6.92 Å². The van der Waals surface area contributed by atoms with Crippen LogP contribution in [0.3, 0.4) is 0 Å². The molecule has 0 aromatic rings. The Morgan fingerprint density at radius 2 is 0.843 bits per heavy atom. The van der Waals surface area contributed by atoms with Gasteiger partial charge in [0.2, 0.25) is 0 Å². The molecule has 2 unspecified atom stereocenters. The average molecular weight is 812 g/mol. The highest BCUT2D eigenvalue weighted by Crippen LogP contribution is 2.64. The molecule has 0 heterocycles. The SMILES string of the molecule is C=C(C(=O)OCCC(F)(F)C(F)(F)C(F)(F)C(F)(F)C(F)(F)C(F)(F)C(F)(F)C(F)(F)F)C(C(=O)OCC(F)(F)F)C(C)C(=O)OCC(F)(F)F. The molecule has 51 heavy (non-hydrogen) atoms. The van der Waals surface area contributed by atoms with Crippen molar-refractivity contribution >= 4 is 17.9 Å². The van der Waals surface area contributed by atoms with Gasteiger partial charge in [0, 0.05) is 5.57 Å². The van der Waals surface area contributed by atoms with E-state index in [9.17, 15) is 115 Å². The van der Waals surface area contributed by atoms with E-state index in [0.717, 1.165) is 0 Å². The Morgan fingerprint density at radius 3 is 1.20 bits per heavy atom. The zero-order valence-corrected chi connectivity index (χ0v) is 23.8. The van der Waals surface area contributed by atoms with E-state index in [-0.39, 0.29) is 0 Å². The Morgan fingerprint density at radius 1 is 0.510 bits per heavy atom.